The van der Waals surface area contributed by atoms with Crippen LogP contribution in [0.5, 0.6) is 0 Å². The Balaban J connectivity index is 2.59. The summed E-state index contributed by atoms with van der Waals surface area (Å²) in [6.07, 6.45) is -0.481. The topological polar surface area (TPSA) is 59.0 Å². The zero-order valence-corrected chi connectivity index (χ0v) is 10.4. The highest BCUT2D eigenvalue weighted by molar-refractivity contribution is 5.29. The van der Waals surface area contributed by atoms with Crippen LogP contribution in [-0.4, -0.2) is 18.3 Å². The molecule has 0 saturated carbocycles. The van der Waals surface area contributed by atoms with Crippen LogP contribution >= 0.6 is 0 Å². The second-order valence-electron chi connectivity index (χ2n) is 4.18. The number of alkyl halides is 1. The van der Waals surface area contributed by atoms with Crippen LogP contribution < -0.4 is 5.73 Å². The Labute approximate surface area is 107 Å². The second kappa shape index (κ2) is 6.29. The summed E-state index contributed by atoms with van der Waals surface area (Å²) in [6.45, 7) is 4.78. The van der Waals surface area contributed by atoms with Crippen LogP contribution in [0.2, 0.25) is 0 Å². The summed E-state index contributed by atoms with van der Waals surface area (Å²) >= 11 is 0. The van der Waals surface area contributed by atoms with Gasteiger partial charge in [-0.2, -0.15) is 5.26 Å². The van der Waals surface area contributed by atoms with Crippen molar-refractivity contribution in [2.24, 2.45) is 5.73 Å². The number of hydrogen-bond acceptors (Lipinski definition) is 3. The van der Waals surface area contributed by atoms with E-state index in [2.05, 4.69) is 6.58 Å². The Kier molecular flexibility index (Phi) is 5.02. The summed E-state index contributed by atoms with van der Waals surface area (Å²) in [4.78, 5) is 0. The van der Waals surface area contributed by atoms with E-state index in [4.69, 9.17) is 15.7 Å². The average molecular weight is 248 g/mol. The fourth-order valence-electron chi connectivity index (χ4n) is 1.45. The van der Waals surface area contributed by atoms with Gasteiger partial charge in [0.2, 0.25) is 0 Å². The number of nitrogens with two attached hydrogens (primary N) is 1. The lowest BCUT2D eigenvalue weighted by Gasteiger charge is -2.25. The van der Waals surface area contributed by atoms with Crippen molar-refractivity contribution in [2.45, 2.75) is 25.2 Å². The number of halogens is 1. The van der Waals surface area contributed by atoms with Gasteiger partial charge in [0, 0.05) is 0 Å². The first-order chi connectivity index (χ1) is 8.53. The Morgan fingerprint density at radius 1 is 1.56 bits per heavy atom. The molecule has 0 heterocycles. The van der Waals surface area contributed by atoms with E-state index in [0.717, 1.165) is 5.56 Å². The fraction of sp³-hybridized carbons (Fsp3) is 0.357. The van der Waals surface area contributed by atoms with E-state index < -0.39 is 18.3 Å². The van der Waals surface area contributed by atoms with Gasteiger partial charge in [-0.15, -0.1) is 0 Å². The molecule has 0 saturated heterocycles. The van der Waals surface area contributed by atoms with Crippen molar-refractivity contribution >= 4 is 0 Å². The minimum Gasteiger partial charge on any atom is -0.369 e. The Hall–Kier alpha value is -1.70. The number of nitrogens with zero attached hydrogens (tertiary/aromatic N) is 1. The number of ether oxygens (including phenoxy) is 1. The summed E-state index contributed by atoms with van der Waals surface area (Å²) < 4.78 is 18.3. The lowest BCUT2D eigenvalue weighted by molar-refractivity contribution is 0.0692. The van der Waals surface area contributed by atoms with Crippen molar-refractivity contribution < 1.29 is 9.13 Å². The van der Waals surface area contributed by atoms with E-state index in [1.54, 1.807) is 13.0 Å². The molecule has 0 spiro atoms. The van der Waals surface area contributed by atoms with Gasteiger partial charge in [-0.05, 0) is 18.1 Å². The summed E-state index contributed by atoms with van der Waals surface area (Å²) in [5.41, 5.74) is 5.17. The lowest BCUT2D eigenvalue weighted by atomic mass is 9.91. The first-order valence-corrected chi connectivity index (χ1v) is 5.64. The molecule has 2 unspecified atom stereocenters. The highest BCUT2D eigenvalue weighted by atomic mass is 19.1. The third kappa shape index (κ3) is 3.39. The maximum absolute atomic E-state index is 12.8. The molecule has 1 rings (SSSR count). The molecule has 3 nitrogen and oxygen atoms in total. The van der Waals surface area contributed by atoms with Crippen LogP contribution in [0.25, 0.3) is 0 Å². The smallest absolute Gasteiger partial charge is 0.156 e. The largest absolute Gasteiger partial charge is 0.369 e. The Morgan fingerprint density at radius 2 is 2.17 bits per heavy atom. The molecule has 2 atom stereocenters. The normalized spacial score (nSPS) is 15.4. The van der Waals surface area contributed by atoms with Crippen molar-refractivity contribution in [1.29, 1.82) is 5.26 Å². The molecule has 0 aliphatic rings. The summed E-state index contributed by atoms with van der Waals surface area (Å²) in [6, 6.07) is 11.3. The first kappa shape index (κ1) is 14.4. The zero-order valence-electron chi connectivity index (χ0n) is 10.4. The predicted octanol–water partition coefficient (Wildman–Crippen LogP) is 2.34. The van der Waals surface area contributed by atoms with Gasteiger partial charge in [-0.25, -0.2) is 4.39 Å². The predicted molar refractivity (Wildman–Crippen MR) is 68.3 cm³/mol. The van der Waals surface area contributed by atoms with Crippen LogP contribution in [0.15, 0.2) is 42.5 Å². The SMILES string of the molecule is C=C(C(C)OCc1ccccc1)C(N)(C#N)CF. The Bertz CT molecular complexity index is 441. The average Bonchev–Trinajstić information content (AvgIpc) is 2.44. The van der Waals surface area contributed by atoms with Gasteiger partial charge in [0.1, 0.15) is 6.67 Å². The Morgan fingerprint density at radius 3 is 2.67 bits per heavy atom. The van der Waals surface area contributed by atoms with Crippen molar-refractivity contribution in [3.05, 3.63) is 48.0 Å². The van der Waals surface area contributed by atoms with Crippen LogP contribution in [0.4, 0.5) is 4.39 Å². The molecule has 1 aromatic rings. The van der Waals surface area contributed by atoms with Gasteiger partial charge in [-0.1, -0.05) is 36.9 Å². The summed E-state index contributed by atoms with van der Waals surface area (Å²) in [5.74, 6) is 0. The van der Waals surface area contributed by atoms with Crippen LogP contribution in [-0.2, 0) is 11.3 Å². The number of benzene rings is 1. The molecule has 2 N–H and O–H groups in total. The maximum atomic E-state index is 12.8. The molecule has 0 fully saturated rings. The van der Waals surface area contributed by atoms with E-state index in [1.165, 1.54) is 0 Å². The van der Waals surface area contributed by atoms with Crippen molar-refractivity contribution in [3.63, 3.8) is 0 Å². The minimum absolute atomic E-state index is 0.253. The fourth-order valence-corrected chi connectivity index (χ4v) is 1.45. The molecule has 18 heavy (non-hydrogen) atoms. The van der Waals surface area contributed by atoms with Gasteiger partial charge in [0.15, 0.2) is 5.54 Å². The van der Waals surface area contributed by atoms with Crippen molar-refractivity contribution in [3.8, 4) is 6.07 Å². The van der Waals surface area contributed by atoms with Gasteiger partial charge < -0.3 is 10.5 Å². The van der Waals surface area contributed by atoms with E-state index in [0.29, 0.717) is 6.61 Å². The van der Waals surface area contributed by atoms with Crippen molar-refractivity contribution in [2.75, 3.05) is 6.67 Å². The molecule has 96 valence electrons. The molecule has 1 aromatic carbocycles. The van der Waals surface area contributed by atoms with Gasteiger partial charge in [-0.3, -0.25) is 0 Å². The number of hydrogen-bond donors (Lipinski definition) is 1. The minimum atomic E-state index is -1.67. The van der Waals surface area contributed by atoms with E-state index in [-0.39, 0.29) is 5.57 Å². The molecule has 0 bridgehead atoms. The second-order valence-corrected chi connectivity index (χ2v) is 4.18. The first-order valence-electron chi connectivity index (χ1n) is 5.64. The highest BCUT2D eigenvalue weighted by Gasteiger charge is 2.32. The monoisotopic (exact) mass is 248 g/mol. The molecule has 0 aliphatic carbocycles. The maximum Gasteiger partial charge on any atom is 0.156 e. The number of rotatable bonds is 6. The zero-order chi connectivity index (χ0) is 13.6. The quantitative estimate of drug-likeness (QED) is 0.786. The third-order valence-electron chi connectivity index (χ3n) is 2.82. The van der Waals surface area contributed by atoms with E-state index >= 15 is 0 Å². The third-order valence-corrected chi connectivity index (χ3v) is 2.82. The van der Waals surface area contributed by atoms with Gasteiger partial charge in [0.05, 0.1) is 18.8 Å². The molecule has 4 heteroatoms. The molecule has 0 amide bonds. The lowest BCUT2D eigenvalue weighted by Crippen LogP contribution is -2.45. The molecule has 0 radical (unpaired) electrons. The molecule has 0 aromatic heterocycles. The highest BCUT2D eigenvalue weighted by Crippen LogP contribution is 2.19. The van der Waals surface area contributed by atoms with Gasteiger partial charge in [0.25, 0.3) is 0 Å². The van der Waals surface area contributed by atoms with Crippen molar-refractivity contribution in [1.82, 2.24) is 0 Å². The molecular weight excluding hydrogens is 231 g/mol. The molecular formula is C14H17FN2O. The number of nitriles is 1. The van der Waals surface area contributed by atoms with Gasteiger partial charge >= 0.3 is 0 Å². The van der Waals surface area contributed by atoms with E-state index in [9.17, 15) is 4.39 Å². The summed E-state index contributed by atoms with van der Waals surface area (Å²) in [7, 11) is 0. The molecule has 0 aliphatic heterocycles. The van der Waals surface area contributed by atoms with Crippen LogP contribution in [0.1, 0.15) is 12.5 Å². The standard InChI is InChI=1S/C14H17FN2O/c1-11(14(17,9-15)10-16)12(2)18-8-13-6-4-3-5-7-13/h3-7,12H,1,8-9,17H2,2H3. The van der Waals surface area contributed by atoms with Crippen LogP contribution in [0.3, 0.4) is 0 Å². The summed E-state index contributed by atoms with van der Waals surface area (Å²) in [5, 5.41) is 8.86. The van der Waals surface area contributed by atoms with Crippen LogP contribution in [0, 0.1) is 11.3 Å². The van der Waals surface area contributed by atoms with E-state index in [1.807, 2.05) is 30.3 Å².